The van der Waals surface area contributed by atoms with Gasteiger partial charge in [-0.3, -0.25) is 0 Å². The van der Waals surface area contributed by atoms with Gasteiger partial charge in [-0.05, 0) is 50.3 Å². The van der Waals surface area contributed by atoms with Gasteiger partial charge in [0.05, 0.1) is 12.2 Å². The number of aliphatic hydroxyl groups excluding tert-OH is 1. The Morgan fingerprint density at radius 2 is 1.89 bits per heavy atom. The molecule has 0 aromatic heterocycles. The summed E-state index contributed by atoms with van der Waals surface area (Å²) in [5, 5.41) is 10.2. The van der Waals surface area contributed by atoms with Crippen molar-refractivity contribution in [3.8, 4) is 5.75 Å². The smallest absolute Gasteiger partial charge is 0.122 e. The summed E-state index contributed by atoms with van der Waals surface area (Å²) in [5.41, 5.74) is 2.07. The lowest BCUT2D eigenvalue weighted by atomic mass is 9.96. The van der Waals surface area contributed by atoms with Gasteiger partial charge >= 0.3 is 0 Å². The fourth-order valence-corrected chi connectivity index (χ4v) is 1.89. The SMILES string of the molecule is CCC(C)CC(O)c1ccc(C)c(OC(C)C)c1. The molecule has 0 bridgehead atoms. The minimum Gasteiger partial charge on any atom is -0.491 e. The van der Waals surface area contributed by atoms with Gasteiger partial charge < -0.3 is 9.84 Å². The van der Waals surface area contributed by atoms with Gasteiger partial charge in [0.2, 0.25) is 0 Å². The topological polar surface area (TPSA) is 29.5 Å². The molecule has 0 saturated heterocycles. The van der Waals surface area contributed by atoms with E-state index in [2.05, 4.69) is 13.8 Å². The van der Waals surface area contributed by atoms with Gasteiger partial charge in [0.25, 0.3) is 0 Å². The highest BCUT2D eigenvalue weighted by atomic mass is 16.5. The first-order chi connectivity index (χ1) is 8.43. The Labute approximate surface area is 111 Å². The summed E-state index contributed by atoms with van der Waals surface area (Å²) in [6.07, 6.45) is 1.67. The molecule has 2 atom stereocenters. The van der Waals surface area contributed by atoms with E-state index in [4.69, 9.17) is 4.74 Å². The Hall–Kier alpha value is -1.02. The van der Waals surface area contributed by atoms with Crippen LogP contribution in [0.1, 0.15) is 57.8 Å². The van der Waals surface area contributed by atoms with Crippen LogP contribution in [-0.4, -0.2) is 11.2 Å². The summed E-state index contributed by atoms with van der Waals surface area (Å²) in [5.74, 6) is 1.42. The third-order valence-electron chi connectivity index (χ3n) is 3.28. The minimum atomic E-state index is -0.393. The molecule has 0 fully saturated rings. The normalized spacial score (nSPS) is 14.6. The second-order valence-corrected chi connectivity index (χ2v) is 5.46. The van der Waals surface area contributed by atoms with E-state index < -0.39 is 6.10 Å². The third kappa shape index (κ3) is 4.34. The van der Waals surface area contributed by atoms with E-state index in [0.29, 0.717) is 5.92 Å². The lowest BCUT2D eigenvalue weighted by Crippen LogP contribution is -2.08. The molecule has 2 heteroatoms. The zero-order valence-corrected chi connectivity index (χ0v) is 12.2. The molecule has 0 spiro atoms. The lowest BCUT2D eigenvalue weighted by Gasteiger charge is -2.18. The number of aliphatic hydroxyl groups is 1. The summed E-state index contributed by atoms with van der Waals surface area (Å²) in [6, 6.07) is 5.99. The monoisotopic (exact) mass is 250 g/mol. The molecule has 1 N–H and O–H groups in total. The van der Waals surface area contributed by atoms with Gasteiger partial charge in [0, 0.05) is 0 Å². The number of aryl methyl sites for hydroxylation is 1. The minimum absolute atomic E-state index is 0.158. The maximum atomic E-state index is 10.2. The molecule has 0 saturated carbocycles. The van der Waals surface area contributed by atoms with E-state index in [0.717, 1.165) is 29.7 Å². The first kappa shape index (κ1) is 15.0. The van der Waals surface area contributed by atoms with Crippen LogP contribution in [-0.2, 0) is 0 Å². The Kier molecular flexibility index (Phi) is 5.67. The first-order valence-corrected chi connectivity index (χ1v) is 6.89. The molecule has 18 heavy (non-hydrogen) atoms. The van der Waals surface area contributed by atoms with Gasteiger partial charge in [-0.2, -0.15) is 0 Å². The Morgan fingerprint density at radius 1 is 1.22 bits per heavy atom. The van der Waals surface area contributed by atoms with Crippen LogP contribution in [0.15, 0.2) is 18.2 Å². The Bertz CT molecular complexity index is 371. The Morgan fingerprint density at radius 3 is 2.44 bits per heavy atom. The van der Waals surface area contributed by atoms with E-state index in [-0.39, 0.29) is 6.10 Å². The van der Waals surface area contributed by atoms with Crippen LogP contribution in [0.4, 0.5) is 0 Å². The van der Waals surface area contributed by atoms with Crippen molar-refractivity contribution in [3.05, 3.63) is 29.3 Å². The molecule has 0 aliphatic heterocycles. The summed E-state index contributed by atoms with van der Waals surface area (Å²) in [4.78, 5) is 0. The molecule has 0 radical (unpaired) electrons. The lowest BCUT2D eigenvalue weighted by molar-refractivity contribution is 0.145. The number of hydrogen-bond donors (Lipinski definition) is 1. The summed E-state index contributed by atoms with van der Waals surface area (Å²) >= 11 is 0. The van der Waals surface area contributed by atoms with Crippen molar-refractivity contribution >= 4 is 0 Å². The second kappa shape index (κ2) is 6.79. The van der Waals surface area contributed by atoms with E-state index >= 15 is 0 Å². The van der Waals surface area contributed by atoms with Crippen LogP contribution >= 0.6 is 0 Å². The van der Waals surface area contributed by atoms with Crippen LogP contribution in [0.3, 0.4) is 0 Å². The van der Waals surface area contributed by atoms with Gasteiger partial charge in [-0.15, -0.1) is 0 Å². The summed E-state index contributed by atoms with van der Waals surface area (Å²) in [7, 11) is 0. The molecule has 2 unspecified atom stereocenters. The van der Waals surface area contributed by atoms with Crippen molar-refractivity contribution < 1.29 is 9.84 Å². The zero-order chi connectivity index (χ0) is 13.7. The number of ether oxygens (including phenoxy) is 1. The van der Waals surface area contributed by atoms with Gasteiger partial charge in [-0.25, -0.2) is 0 Å². The fraction of sp³-hybridized carbons (Fsp3) is 0.625. The van der Waals surface area contributed by atoms with Crippen molar-refractivity contribution in [2.24, 2.45) is 5.92 Å². The molecule has 0 heterocycles. The van der Waals surface area contributed by atoms with Crippen LogP contribution in [0.2, 0.25) is 0 Å². The quantitative estimate of drug-likeness (QED) is 0.817. The van der Waals surface area contributed by atoms with Gasteiger partial charge in [0.1, 0.15) is 5.75 Å². The number of rotatable bonds is 6. The van der Waals surface area contributed by atoms with Crippen molar-refractivity contribution in [3.63, 3.8) is 0 Å². The molecule has 1 rings (SSSR count). The standard InChI is InChI=1S/C16H26O2/c1-6-12(4)9-15(17)14-8-7-13(5)16(10-14)18-11(2)3/h7-8,10-12,15,17H,6,9H2,1-5H3. The third-order valence-corrected chi connectivity index (χ3v) is 3.28. The fourth-order valence-electron chi connectivity index (χ4n) is 1.89. The summed E-state index contributed by atoms with van der Waals surface area (Å²) < 4.78 is 5.76. The molecule has 0 aliphatic carbocycles. The van der Waals surface area contributed by atoms with Gasteiger partial charge in [0.15, 0.2) is 0 Å². The number of benzene rings is 1. The van der Waals surface area contributed by atoms with E-state index in [1.54, 1.807) is 0 Å². The van der Waals surface area contributed by atoms with E-state index in [1.165, 1.54) is 0 Å². The highest BCUT2D eigenvalue weighted by Crippen LogP contribution is 2.28. The average molecular weight is 250 g/mol. The van der Waals surface area contributed by atoms with Crippen molar-refractivity contribution in [2.75, 3.05) is 0 Å². The van der Waals surface area contributed by atoms with Crippen LogP contribution in [0.25, 0.3) is 0 Å². The second-order valence-electron chi connectivity index (χ2n) is 5.46. The van der Waals surface area contributed by atoms with Crippen molar-refractivity contribution in [1.29, 1.82) is 0 Å². The Balaban J connectivity index is 2.83. The predicted octanol–water partition coefficient (Wildman–Crippen LogP) is 4.25. The van der Waals surface area contributed by atoms with Crippen molar-refractivity contribution in [1.82, 2.24) is 0 Å². The molecule has 1 aromatic rings. The predicted molar refractivity (Wildman–Crippen MR) is 76.0 cm³/mol. The zero-order valence-electron chi connectivity index (χ0n) is 12.2. The highest BCUT2D eigenvalue weighted by molar-refractivity contribution is 5.37. The maximum Gasteiger partial charge on any atom is 0.122 e. The molecule has 1 aromatic carbocycles. The van der Waals surface area contributed by atoms with Gasteiger partial charge in [-0.1, -0.05) is 32.4 Å². The molecule has 102 valence electrons. The maximum absolute atomic E-state index is 10.2. The highest BCUT2D eigenvalue weighted by Gasteiger charge is 2.13. The van der Waals surface area contributed by atoms with Crippen LogP contribution in [0.5, 0.6) is 5.75 Å². The molecule has 0 aliphatic rings. The van der Waals surface area contributed by atoms with E-state index in [9.17, 15) is 5.11 Å². The van der Waals surface area contributed by atoms with Crippen LogP contribution in [0, 0.1) is 12.8 Å². The largest absolute Gasteiger partial charge is 0.491 e. The van der Waals surface area contributed by atoms with E-state index in [1.807, 2.05) is 39.0 Å². The van der Waals surface area contributed by atoms with Crippen molar-refractivity contribution in [2.45, 2.75) is 59.7 Å². The molecular formula is C16H26O2. The van der Waals surface area contributed by atoms with Crippen LogP contribution < -0.4 is 4.74 Å². The average Bonchev–Trinajstić information content (AvgIpc) is 2.31. The molecule has 0 amide bonds. The molecule has 2 nitrogen and oxygen atoms in total. The molecular weight excluding hydrogens is 224 g/mol. The first-order valence-electron chi connectivity index (χ1n) is 6.89. The number of hydrogen-bond acceptors (Lipinski definition) is 2. The summed E-state index contributed by atoms with van der Waals surface area (Å²) in [6.45, 7) is 10.4.